The fourth-order valence-corrected chi connectivity index (χ4v) is 3.33. The van der Waals surface area contributed by atoms with Gasteiger partial charge in [-0.1, -0.05) is 6.07 Å². The van der Waals surface area contributed by atoms with Gasteiger partial charge in [-0.3, -0.25) is 5.10 Å². The molecule has 1 saturated carbocycles. The molecule has 0 atom stereocenters. The Morgan fingerprint density at radius 3 is 2.71 bits per heavy atom. The Morgan fingerprint density at radius 2 is 1.88 bits per heavy atom. The van der Waals surface area contributed by atoms with Crippen LogP contribution in [0, 0.1) is 0 Å². The predicted molar refractivity (Wildman–Crippen MR) is 95.6 cm³/mol. The second kappa shape index (κ2) is 6.13. The predicted octanol–water partition coefficient (Wildman–Crippen LogP) is 2.92. The average molecular weight is 323 g/mol. The van der Waals surface area contributed by atoms with Crippen LogP contribution in [0.25, 0.3) is 22.0 Å². The van der Waals surface area contributed by atoms with Crippen molar-refractivity contribution >= 4 is 22.5 Å². The number of benzene rings is 1. The van der Waals surface area contributed by atoms with Crippen molar-refractivity contribution in [3.8, 4) is 11.1 Å². The standard InChI is InChI=1S/C18H21N5O/c19-18-15-9-11(1-6-16(15)22-23-18)12-7-8-20-17(10-12)21-13-2-4-14(24)5-3-13/h1,6-10,13-14,24H,2-5H2,(H,20,21)(H3,19,22,23)/t13-,14-. The summed E-state index contributed by atoms with van der Waals surface area (Å²) in [5.41, 5.74) is 9.01. The molecule has 1 aliphatic rings. The van der Waals surface area contributed by atoms with Gasteiger partial charge in [0.1, 0.15) is 5.82 Å². The number of nitrogens with one attached hydrogen (secondary N) is 2. The van der Waals surface area contributed by atoms with Gasteiger partial charge in [0, 0.05) is 17.6 Å². The molecule has 24 heavy (non-hydrogen) atoms. The van der Waals surface area contributed by atoms with Crippen molar-refractivity contribution in [1.82, 2.24) is 15.2 Å². The molecular weight excluding hydrogens is 302 g/mol. The van der Waals surface area contributed by atoms with Crippen LogP contribution in [0.1, 0.15) is 25.7 Å². The Morgan fingerprint density at radius 1 is 1.08 bits per heavy atom. The minimum absolute atomic E-state index is 0.144. The smallest absolute Gasteiger partial charge is 0.153 e. The lowest BCUT2D eigenvalue weighted by Crippen LogP contribution is -2.28. The van der Waals surface area contributed by atoms with Gasteiger partial charge in [-0.25, -0.2) is 4.98 Å². The van der Waals surface area contributed by atoms with E-state index < -0.39 is 0 Å². The molecule has 5 N–H and O–H groups in total. The zero-order chi connectivity index (χ0) is 16.5. The Balaban J connectivity index is 1.58. The molecule has 2 heterocycles. The number of anilines is 2. The van der Waals surface area contributed by atoms with Gasteiger partial charge in [0.2, 0.25) is 0 Å². The number of aromatic amines is 1. The summed E-state index contributed by atoms with van der Waals surface area (Å²) in [5, 5.41) is 21.0. The molecule has 4 rings (SSSR count). The number of pyridine rings is 1. The topological polar surface area (TPSA) is 99.9 Å². The maximum atomic E-state index is 9.62. The Bertz CT molecular complexity index is 851. The van der Waals surface area contributed by atoms with E-state index in [1.165, 1.54) is 0 Å². The van der Waals surface area contributed by atoms with E-state index in [2.05, 4.69) is 32.6 Å². The highest BCUT2D eigenvalue weighted by Crippen LogP contribution is 2.28. The minimum atomic E-state index is -0.144. The second-order valence-corrected chi connectivity index (χ2v) is 6.45. The minimum Gasteiger partial charge on any atom is -0.393 e. The first kappa shape index (κ1) is 15.0. The number of nitrogens with zero attached hydrogens (tertiary/aromatic N) is 2. The largest absolute Gasteiger partial charge is 0.393 e. The Hall–Kier alpha value is -2.60. The molecule has 0 radical (unpaired) electrons. The molecule has 124 valence electrons. The Labute approximate surface area is 140 Å². The maximum Gasteiger partial charge on any atom is 0.153 e. The molecule has 2 aromatic heterocycles. The fourth-order valence-electron chi connectivity index (χ4n) is 3.33. The average Bonchev–Trinajstić information content (AvgIpc) is 2.98. The number of hydrogen-bond acceptors (Lipinski definition) is 5. The van der Waals surface area contributed by atoms with Gasteiger partial charge < -0.3 is 16.2 Å². The van der Waals surface area contributed by atoms with E-state index in [4.69, 9.17) is 5.73 Å². The first-order valence-electron chi connectivity index (χ1n) is 8.33. The number of nitrogen functional groups attached to an aromatic ring is 1. The molecule has 0 saturated heterocycles. The van der Waals surface area contributed by atoms with Crippen LogP contribution in [0.3, 0.4) is 0 Å². The van der Waals surface area contributed by atoms with Crippen LogP contribution in [0.2, 0.25) is 0 Å². The van der Waals surface area contributed by atoms with Gasteiger partial charge in [-0.15, -0.1) is 0 Å². The van der Waals surface area contributed by atoms with E-state index in [0.717, 1.165) is 53.5 Å². The molecule has 1 aromatic carbocycles. The van der Waals surface area contributed by atoms with Gasteiger partial charge in [0.25, 0.3) is 0 Å². The summed E-state index contributed by atoms with van der Waals surface area (Å²) in [5.74, 6) is 1.38. The van der Waals surface area contributed by atoms with E-state index >= 15 is 0 Å². The summed E-state index contributed by atoms with van der Waals surface area (Å²) in [6.45, 7) is 0. The van der Waals surface area contributed by atoms with Crippen LogP contribution in [-0.4, -0.2) is 32.4 Å². The number of aliphatic hydroxyl groups is 1. The summed E-state index contributed by atoms with van der Waals surface area (Å²) in [4.78, 5) is 4.43. The third-order valence-corrected chi connectivity index (χ3v) is 4.73. The third-order valence-electron chi connectivity index (χ3n) is 4.73. The zero-order valence-corrected chi connectivity index (χ0v) is 13.4. The summed E-state index contributed by atoms with van der Waals surface area (Å²) >= 11 is 0. The van der Waals surface area contributed by atoms with Crippen LogP contribution in [0.5, 0.6) is 0 Å². The van der Waals surface area contributed by atoms with Crippen molar-refractivity contribution in [3.63, 3.8) is 0 Å². The first-order chi connectivity index (χ1) is 11.7. The number of nitrogens with two attached hydrogens (primary N) is 1. The third kappa shape index (κ3) is 2.92. The van der Waals surface area contributed by atoms with Crippen LogP contribution in [0.15, 0.2) is 36.5 Å². The molecule has 0 unspecified atom stereocenters. The van der Waals surface area contributed by atoms with Gasteiger partial charge >= 0.3 is 0 Å². The highest BCUT2D eigenvalue weighted by molar-refractivity contribution is 5.92. The first-order valence-corrected chi connectivity index (χ1v) is 8.33. The second-order valence-electron chi connectivity index (χ2n) is 6.45. The molecule has 0 bridgehead atoms. The van der Waals surface area contributed by atoms with E-state index in [1.807, 2.05) is 24.4 Å². The van der Waals surface area contributed by atoms with Gasteiger partial charge in [0.05, 0.1) is 11.6 Å². The quantitative estimate of drug-likeness (QED) is 0.594. The van der Waals surface area contributed by atoms with E-state index in [9.17, 15) is 5.11 Å². The molecule has 6 heteroatoms. The zero-order valence-electron chi connectivity index (χ0n) is 13.4. The van der Waals surface area contributed by atoms with Crippen molar-refractivity contribution < 1.29 is 5.11 Å². The summed E-state index contributed by atoms with van der Waals surface area (Å²) in [7, 11) is 0. The lowest BCUT2D eigenvalue weighted by Gasteiger charge is -2.26. The van der Waals surface area contributed by atoms with Gasteiger partial charge in [-0.05, 0) is 61.1 Å². The van der Waals surface area contributed by atoms with Crippen molar-refractivity contribution in [1.29, 1.82) is 0 Å². The van der Waals surface area contributed by atoms with Crippen molar-refractivity contribution in [2.24, 2.45) is 0 Å². The number of rotatable bonds is 3. The molecule has 0 amide bonds. The van der Waals surface area contributed by atoms with E-state index in [0.29, 0.717) is 11.9 Å². The lowest BCUT2D eigenvalue weighted by atomic mass is 9.93. The molecule has 0 aliphatic heterocycles. The maximum absolute atomic E-state index is 9.62. The lowest BCUT2D eigenvalue weighted by molar-refractivity contribution is 0.126. The highest BCUT2D eigenvalue weighted by atomic mass is 16.3. The molecule has 0 spiro atoms. The normalized spacial score (nSPS) is 21.0. The molecule has 6 nitrogen and oxygen atoms in total. The fraction of sp³-hybridized carbons (Fsp3) is 0.333. The van der Waals surface area contributed by atoms with Gasteiger partial charge in [0.15, 0.2) is 5.82 Å². The monoisotopic (exact) mass is 323 g/mol. The summed E-state index contributed by atoms with van der Waals surface area (Å²) < 4.78 is 0. The summed E-state index contributed by atoms with van der Waals surface area (Å²) in [6, 6.07) is 10.5. The van der Waals surface area contributed by atoms with E-state index in [1.54, 1.807) is 0 Å². The molecular formula is C18H21N5O. The van der Waals surface area contributed by atoms with Gasteiger partial charge in [-0.2, -0.15) is 5.10 Å². The highest BCUT2D eigenvalue weighted by Gasteiger charge is 2.19. The number of hydrogen-bond donors (Lipinski definition) is 4. The van der Waals surface area contributed by atoms with Crippen LogP contribution < -0.4 is 11.1 Å². The van der Waals surface area contributed by atoms with Crippen molar-refractivity contribution in [3.05, 3.63) is 36.5 Å². The number of aliphatic hydroxyl groups excluding tert-OH is 1. The van der Waals surface area contributed by atoms with E-state index in [-0.39, 0.29) is 6.10 Å². The van der Waals surface area contributed by atoms with Crippen molar-refractivity contribution in [2.75, 3.05) is 11.1 Å². The number of H-pyrrole nitrogens is 1. The van der Waals surface area contributed by atoms with Crippen LogP contribution in [0.4, 0.5) is 11.6 Å². The Kier molecular flexibility index (Phi) is 3.82. The molecule has 1 aliphatic carbocycles. The number of aromatic nitrogens is 3. The van der Waals surface area contributed by atoms with Crippen LogP contribution >= 0.6 is 0 Å². The number of fused-ring (bicyclic) bond motifs is 1. The molecule has 1 fully saturated rings. The summed E-state index contributed by atoms with van der Waals surface area (Å²) in [6.07, 6.45) is 5.34. The SMILES string of the molecule is Nc1n[nH]c2ccc(-c3ccnc(N[C@H]4CC[C@H](O)CC4)c3)cc12. The van der Waals surface area contributed by atoms with Crippen LogP contribution in [-0.2, 0) is 0 Å². The molecule has 3 aromatic rings. The van der Waals surface area contributed by atoms with Crippen molar-refractivity contribution in [2.45, 2.75) is 37.8 Å².